The van der Waals surface area contributed by atoms with E-state index in [0.717, 1.165) is 6.42 Å². The van der Waals surface area contributed by atoms with E-state index in [4.69, 9.17) is 6.42 Å². The van der Waals surface area contributed by atoms with Crippen LogP contribution in [0.2, 0.25) is 0 Å². The molecule has 0 radical (unpaired) electrons. The van der Waals surface area contributed by atoms with Gasteiger partial charge in [-0.2, -0.15) is 0 Å². The molecule has 0 saturated carbocycles. The minimum atomic E-state index is 0.847. The molecule has 11 heavy (non-hydrogen) atoms. The second kappa shape index (κ2) is 11.7. The summed E-state index contributed by atoms with van der Waals surface area (Å²) >= 11 is 0. The van der Waals surface area contributed by atoms with Crippen LogP contribution in [0.15, 0.2) is 16.6 Å². The Morgan fingerprint density at radius 2 is 2.09 bits per heavy atom. The molecule has 0 atom stereocenters. The van der Waals surface area contributed by atoms with Crippen LogP contribution >= 0.6 is 0 Å². The minimum Gasteiger partial charge on any atom is -0.296 e. The Balaban J connectivity index is 0. The molecule has 0 fully saturated rings. The van der Waals surface area contributed by atoms with Gasteiger partial charge in [0.2, 0.25) is 0 Å². The van der Waals surface area contributed by atoms with Crippen molar-refractivity contribution in [1.29, 1.82) is 0 Å². The van der Waals surface area contributed by atoms with E-state index in [9.17, 15) is 0 Å². The second-order valence-electron chi connectivity index (χ2n) is 1.98. The van der Waals surface area contributed by atoms with Crippen molar-refractivity contribution in [3.63, 3.8) is 0 Å². The molecule has 0 N–H and O–H groups in total. The molecule has 0 heterocycles. The van der Waals surface area contributed by atoms with Crippen molar-refractivity contribution in [3.05, 3.63) is 11.6 Å². The van der Waals surface area contributed by atoms with E-state index in [1.54, 1.807) is 7.05 Å². The Morgan fingerprint density at radius 1 is 1.64 bits per heavy atom. The Hall–Kier alpha value is -1.03. The molecule has 0 saturated heterocycles. The van der Waals surface area contributed by atoms with Gasteiger partial charge in [-0.25, -0.2) is 0 Å². The van der Waals surface area contributed by atoms with E-state index >= 15 is 0 Å². The molecule has 0 aromatic carbocycles. The Kier molecular flexibility index (Phi) is 13.5. The van der Waals surface area contributed by atoms with Crippen LogP contribution in [0.5, 0.6) is 0 Å². The maximum Gasteiger partial charge on any atom is 0.0277 e. The van der Waals surface area contributed by atoms with E-state index in [1.807, 2.05) is 33.1 Å². The smallest absolute Gasteiger partial charge is 0.0277 e. The van der Waals surface area contributed by atoms with Crippen molar-refractivity contribution in [1.82, 2.24) is 0 Å². The van der Waals surface area contributed by atoms with Gasteiger partial charge >= 0.3 is 0 Å². The summed E-state index contributed by atoms with van der Waals surface area (Å²) in [5, 5.41) is 0. The monoisotopic (exact) mass is 151 g/mol. The highest BCUT2D eigenvalue weighted by Crippen LogP contribution is 1.82. The average Bonchev–Trinajstić information content (AvgIpc) is 2.05. The molecular weight excluding hydrogens is 134 g/mol. The van der Waals surface area contributed by atoms with Crippen molar-refractivity contribution in [2.45, 2.75) is 27.2 Å². The highest BCUT2D eigenvalue weighted by Gasteiger charge is 1.71. The number of hydrogen-bond donors (Lipinski definition) is 0. The van der Waals surface area contributed by atoms with Gasteiger partial charge in [-0.15, -0.1) is 12.3 Å². The van der Waals surface area contributed by atoms with Crippen LogP contribution in [0.4, 0.5) is 0 Å². The molecule has 0 aromatic rings. The predicted molar refractivity (Wildman–Crippen MR) is 53.0 cm³/mol. The molecule has 0 aliphatic heterocycles. The van der Waals surface area contributed by atoms with Crippen LogP contribution in [0.25, 0.3) is 0 Å². The zero-order chi connectivity index (χ0) is 9.11. The summed E-state index contributed by atoms with van der Waals surface area (Å²) in [6.45, 7) is 5.96. The fourth-order valence-corrected chi connectivity index (χ4v) is 0.278. The standard InChI is InChI=1S/C6H11N.C4H6/c1-4-6(2)5-7-3;1-3-4-2/h4-5H,1-3H3;1H,4H2,2H3/b6-4-,7-5?;. The van der Waals surface area contributed by atoms with Crippen LogP contribution in [0.3, 0.4) is 0 Å². The lowest BCUT2D eigenvalue weighted by Gasteiger charge is -1.80. The van der Waals surface area contributed by atoms with E-state index in [2.05, 4.69) is 10.9 Å². The fourth-order valence-electron chi connectivity index (χ4n) is 0.278. The first-order valence-corrected chi connectivity index (χ1v) is 3.71. The zero-order valence-corrected chi connectivity index (χ0v) is 7.89. The minimum absolute atomic E-state index is 0.847. The average molecular weight is 151 g/mol. The number of aliphatic imine (C=N–C) groups is 1. The van der Waals surface area contributed by atoms with Crippen LogP contribution in [0.1, 0.15) is 27.2 Å². The quantitative estimate of drug-likeness (QED) is 0.403. The summed E-state index contributed by atoms with van der Waals surface area (Å²) in [6, 6.07) is 0. The number of nitrogens with zero attached hydrogens (tertiary/aromatic N) is 1. The van der Waals surface area contributed by atoms with Crippen molar-refractivity contribution in [3.8, 4) is 12.3 Å². The largest absolute Gasteiger partial charge is 0.296 e. The molecule has 0 spiro atoms. The normalized spacial score (nSPS) is 10.3. The van der Waals surface area contributed by atoms with Crippen molar-refractivity contribution < 1.29 is 0 Å². The zero-order valence-electron chi connectivity index (χ0n) is 7.89. The molecule has 1 nitrogen and oxygen atoms in total. The summed E-state index contributed by atoms with van der Waals surface area (Å²) in [7, 11) is 1.77. The van der Waals surface area contributed by atoms with Crippen molar-refractivity contribution in [2.75, 3.05) is 7.05 Å². The third-order valence-electron chi connectivity index (χ3n) is 0.992. The molecule has 0 aromatic heterocycles. The summed E-state index contributed by atoms with van der Waals surface area (Å²) < 4.78 is 0. The topological polar surface area (TPSA) is 12.4 Å². The summed E-state index contributed by atoms with van der Waals surface area (Å²) in [4.78, 5) is 3.81. The van der Waals surface area contributed by atoms with E-state index in [1.165, 1.54) is 5.57 Å². The third-order valence-corrected chi connectivity index (χ3v) is 0.992. The lowest BCUT2D eigenvalue weighted by Crippen LogP contribution is -1.72. The SMILES string of the molecule is C#CCC.C/C=C(/C)C=NC. The second-order valence-corrected chi connectivity index (χ2v) is 1.98. The van der Waals surface area contributed by atoms with Crippen molar-refractivity contribution >= 4 is 6.21 Å². The lowest BCUT2D eigenvalue weighted by atomic mass is 10.3. The summed E-state index contributed by atoms with van der Waals surface area (Å²) in [5.41, 5.74) is 1.21. The van der Waals surface area contributed by atoms with E-state index in [-0.39, 0.29) is 0 Å². The summed E-state index contributed by atoms with van der Waals surface area (Å²) in [6.07, 6.45) is 9.48. The number of hydrogen-bond acceptors (Lipinski definition) is 1. The number of terminal acetylenes is 1. The molecule has 0 unspecified atom stereocenters. The van der Waals surface area contributed by atoms with Gasteiger partial charge in [-0.1, -0.05) is 13.0 Å². The van der Waals surface area contributed by atoms with Gasteiger partial charge < -0.3 is 0 Å². The van der Waals surface area contributed by atoms with E-state index in [0.29, 0.717) is 0 Å². The summed E-state index contributed by atoms with van der Waals surface area (Å²) in [5.74, 6) is 2.43. The number of rotatable bonds is 1. The molecular formula is C10H17N. The van der Waals surface area contributed by atoms with Crippen molar-refractivity contribution in [2.24, 2.45) is 4.99 Å². The number of allylic oxidation sites excluding steroid dienone is 2. The first-order valence-electron chi connectivity index (χ1n) is 3.71. The van der Waals surface area contributed by atoms with E-state index < -0.39 is 0 Å². The lowest BCUT2D eigenvalue weighted by molar-refractivity contribution is 1.28. The van der Waals surface area contributed by atoms with Gasteiger partial charge in [0.1, 0.15) is 0 Å². The van der Waals surface area contributed by atoms with Gasteiger partial charge in [0, 0.05) is 19.7 Å². The molecule has 62 valence electrons. The van der Waals surface area contributed by atoms with Gasteiger partial charge in [0.05, 0.1) is 0 Å². The van der Waals surface area contributed by atoms with Gasteiger partial charge in [0.15, 0.2) is 0 Å². The molecule has 0 bridgehead atoms. The molecule has 0 rings (SSSR count). The highest BCUT2D eigenvalue weighted by molar-refractivity contribution is 5.77. The molecule has 0 aliphatic rings. The Labute approximate surface area is 70.2 Å². The Morgan fingerprint density at radius 3 is 2.18 bits per heavy atom. The maximum absolute atomic E-state index is 4.78. The predicted octanol–water partition coefficient (Wildman–Crippen LogP) is 2.68. The van der Waals surface area contributed by atoms with Crippen LogP contribution in [0, 0.1) is 12.3 Å². The molecule has 0 aliphatic carbocycles. The maximum atomic E-state index is 4.78. The van der Waals surface area contributed by atoms with Crippen LogP contribution in [-0.2, 0) is 0 Å². The van der Waals surface area contributed by atoms with Crippen LogP contribution < -0.4 is 0 Å². The van der Waals surface area contributed by atoms with Crippen LogP contribution in [-0.4, -0.2) is 13.3 Å². The first kappa shape index (κ1) is 12.6. The Bertz CT molecular complexity index is 158. The highest BCUT2D eigenvalue weighted by atomic mass is 14.6. The fraction of sp³-hybridized carbons (Fsp3) is 0.500. The molecule has 0 amide bonds. The van der Waals surface area contributed by atoms with Gasteiger partial charge in [-0.3, -0.25) is 4.99 Å². The molecule has 1 heteroatoms. The van der Waals surface area contributed by atoms with Gasteiger partial charge in [-0.05, 0) is 19.4 Å². The first-order chi connectivity index (χ1) is 5.22. The third kappa shape index (κ3) is 17.6. The van der Waals surface area contributed by atoms with Gasteiger partial charge in [0.25, 0.3) is 0 Å².